The van der Waals surface area contributed by atoms with Crippen molar-refractivity contribution in [1.29, 1.82) is 0 Å². The summed E-state index contributed by atoms with van der Waals surface area (Å²) >= 11 is 0. The topological polar surface area (TPSA) is 35.2 Å². The Morgan fingerprint density at radius 2 is 1.71 bits per heavy atom. The average Bonchev–Trinajstić information content (AvgIpc) is 2.16. The summed E-state index contributed by atoms with van der Waals surface area (Å²) in [5, 5.41) is 0. The van der Waals surface area contributed by atoms with Gasteiger partial charge in [0, 0.05) is 13.2 Å². The molecule has 0 aliphatic rings. The molecule has 0 bridgehead atoms. The lowest BCUT2D eigenvalue weighted by molar-refractivity contribution is 0.118. The van der Waals surface area contributed by atoms with Crippen molar-refractivity contribution in [3.8, 4) is 0 Å². The van der Waals surface area contributed by atoms with Crippen LogP contribution >= 0.6 is 0 Å². The molecule has 0 aliphatic heterocycles. The van der Waals surface area contributed by atoms with E-state index < -0.39 is 0 Å². The molecule has 0 radical (unpaired) electrons. The molecule has 0 saturated carbocycles. The van der Waals surface area contributed by atoms with Crippen molar-refractivity contribution in [1.82, 2.24) is 0 Å². The van der Waals surface area contributed by atoms with Gasteiger partial charge in [-0.2, -0.15) is 0 Å². The zero-order valence-electron chi connectivity index (χ0n) is 10.1. The summed E-state index contributed by atoms with van der Waals surface area (Å²) in [6.45, 7) is 9.23. The molecular formula is C12H27NO. The summed E-state index contributed by atoms with van der Waals surface area (Å²) in [7, 11) is 0. The fourth-order valence-electron chi connectivity index (χ4n) is 1.31. The van der Waals surface area contributed by atoms with Gasteiger partial charge < -0.3 is 10.5 Å². The van der Waals surface area contributed by atoms with Crippen molar-refractivity contribution < 1.29 is 4.74 Å². The van der Waals surface area contributed by atoms with E-state index in [4.69, 9.17) is 10.5 Å². The highest BCUT2D eigenvalue weighted by molar-refractivity contribution is 4.68. The Hall–Kier alpha value is -0.0800. The minimum atomic E-state index is 0.285. The maximum absolute atomic E-state index is 5.65. The van der Waals surface area contributed by atoms with E-state index in [0.29, 0.717) is 0 Å². The van der Waals surface area contributed by atoms with Gasteiger partial charge in [-0.3, -0.25) is 0 Å². The van der Waals surface area contributed by atoms with Crippen LogP contribution < -0.4 is 5.73 Å². The minimum Gasteiger partial charge on any atom is -0.381 e. The molecule has 2 heteroatoms. The highest BCUT2D eigenvalue weighted by Gasteiger charge is 2.14. The van der Waals surface area contributed by atoms with Gasteiger partial charge in [0.15, 0.2) is 0 Å². The Morgan fingerprint density at radius 3 is 2.29 bits per heavy atom. The van der Waals surface area contributed by atoms with Crippen LogP contribution in [0.25, 0.3) is 0 Å². The molecular weight excluding hydrogens is 174 g/mol. The van der Waals surface area contributed by atoms with E-state index >= 15 is 0 Å². The van der Waals surface area contributed by atoms with Crippen LogP contribution in [0, 0.1) is 5.41 Å². The molecule has 14 heavy (non-hydrogen) atoms. The van der Waals surface area contributed by atoms with Gasteiger partial charge in [0.25, 0.3) is 0 Å². The highest BCUT2D eigenvalue weighted by Crippen LogP contribution is 2.19. The fraction of sp³-hybridized carbons (Fsp3) is 1.00. The second-order valence-corrected chi connectivity index (χ2v) is 4.79. The number of hydrogen-bond donors (Lipinski definition) is 1. The van der Waals surface area contributed by atoms with Gasteiger partial charge in [0.05, 0.1) is 0 Å². The van der Waals surface area contributed by atoms with Crippen molar-refractivity contribution in [3.05, 3.63) is 0 Å². The van der Waals surface area contributed by atoms with Crippen LogP contribution in [0.15, 0.2) is 0 Å². The van der Waals surface area contributed by atoms with Gasteiger partial charge in [0.2, 0.25) is 0 Å². The first-order valence-electron chi connectivity index (χ1n) is 5.90. The molecule has 0 rings (SSSR count). The second-order valence-electron chi connectivity index (χ2n) is 4.79. The Balaban J connectivity index is 3.13. The van der Waals surface area contributed by atoms with Gasteiger partial charge in [-0.15, -0.1) is 0 Å². The first-order valence-corrected chi connectivity index (χ1v) is 5.90. The molecule has 2 N–H and O–H groups in total. The van der Waals surface area contributed by atoms with Gasteiger partial charge in [-0.05, 0) is 31.2 Å². The number of nitrogens with two attached hydrogens (primary N) is 1. The quantitative estimate of drug-likeness (QED) is 0.582. The molecule has 0 aromatic rings. The van der Waals surface area contributed by atoms with Crippen molar-refractivity contribution in [2.75, 3.05) is 19.8 Å². The first kappa shape index (κ1) is 13.9. The van der Waals surface area contributed by atoms with Crippen LogP contribution in [0.1, 0.15) is 52.9 Å². The molecule has 86 valence electrons. The first-order chi connectivity index (χ1) is 6.62. The second kappa shape index (κ2) is 8.25. The van der Waals surface area contributed by atoms with Crippen LogP contribution in [-0.4, -0.2) is 19.8 Å². The van der Waals surface area contributed by atoms with E-state index in [2.05, 4.69) is 20.8 Å². The predicted molar refractivity (Wildman–Crippen MR) is 62.4 cm³/mol. The molecule has 0 fully saturated rings. The molecule has 0 unspecified atom stereocenters. The number of rotatable bonds is 9. The minimum absolute atomic E-state index is 0.285. The smallest absolute Gasteiger partial charge is 0.0466 e. The lowest BCUT2D eigenvalue weighted by Crippen LogP contribution is -2.23. The predicted octanol–water partition coefficient (Wildman–Crippen LogP) is 2.96. The van der Waals surface area contributed by atoms with Crippen LogP contribution in [0.5, 0.6) is 0 Å². The molecule has 0 aromatic carbocycles. The molecule has 2 nitrogen and oxygen atoms in total. The van der Waals surface area contributed by atoms with E-state index in [1.807, 2.05) is 0 Å². The molecule has 0 heterocycles. The Kier molecular flexibility index (Phi) is 8.20. The van der Waals surface area contributed by atoms with Gasteiger partial charge in [-0.25, -0.2) is 0 Å². The molecule has 0 aromatic heterocycles. The van der Waals surface area contributed by atoms with E-state index in [0.717, 1.165) is 32.6 Å². The van der Waals surface area contributed by atoms with Crippen LogP contribution in [0.3, 0.4) is 0 Å². The van der Waals surface area contributed by atoms with E-state index in [9.17, 15) is 0 Å². The summed E-state index contributed by atoms with van der Waals surface area (Å²) in [6.07, 6.45) is 6.06. The largest absolute Gasteiger partial charge is 0.381 e. The maximum atomic E-state index is 5.65. The number of hydrogen-bond acceptors (Lipinski definition) is 2. The summed E-state index contributed by atoms with van der Waals surface area (Å²) < 4.78 is 5.53. The third-order valence-corrected chi connectivity index (χ3v) is 2.59. The van der Waals surface area contributed by atoms with Gasteiger partial charge in [0.1, 0.15) is 0 Å². The molecule has 0 saturated heterocycles. The molecule has 0 atom stereocenters. The Bertz CT molecular complexity index is 123. The summed E-state index contributed by atoms with van der Waals surface area (Å²) in [6, 6.07) is 0. The summed E-state index contributed by atoms with van der Waals surface area (Å²) in [5.41, 5.74) is 5.93. The van der Waals surface area contributed by atoms with Crippen molar-refractivity contribution in [2.24, 2.45) is 11.1 Å². The van der Waals surface area contributed by atoms with Crippen LogP contribution in [-0.2, 0) is 4.74 Å². The zero-order chi connectivity index (χ0) is 10.9. The third-order valence-electron chi connectivity index (χ3n) is 2.59. The fourth-order valence-corrected chi connectivity index (χ4v) is 1.31. The standard InChI is InChI=1S/C12H27NO/c1-4-5-6-9-14-10-7-8-12(2,3)11-13/h4-11,13H2,1-3H3. The number of unbranched alkanes of at least 4 members (excludes halogenated alkanes) is 2. The Labute approximate surface area is 89.2 Å². The summed E-state index contributed by atoms with van der Waals surface area (Å²) in [5.74, 6) is 0. The van der Waals surface area contributed by atoms with Crippen LogP contribution in [0.4, 0.5) is 0 Å². The Morgan fingerprint density at radius 1 is 1.07 bits per heavy atom. The molecule has 0 aliphatic carbocycles. The SMILES string of the molecule is CCCCCOCCCC(C)(C)CN. The molecule has 0 amide bonds. The van der Waals surface area contributed by atoms with Crippen molar-refractivity contribution in [3.63, 3.8) is 0 Å². The lowest BCUT2D eigenvalue weighted by atomic mass is 9.88. The third kappa shape index (κ3) is 8.52. The maximum Gasteiger partial charge on any atom is 0.0466 e. The van der Waals surface area contributed by atoms with Gasteiger partial charge in [-0.1, -0.05) is 33.6 Å². The van der Waals surface area contributed by atoms with Crippen molar-refractivity contribution >= 4 is 0 Å². The number of ether oxygens (including phenoxy) is 1. The van der Waals surface area contributed by atoms with E-state index in [1.165, 1.54) is 19.3 Å². The van der Waals surface area contributed by atoms with Gasteiger partial charge >= 0.3 is 0 Å². The van der Waals surface area contributed by atoms with E-state index in [-0.39, 0.29) is 5.41 Å². The normalized spacial score (nSPS) is 12.0. The summed E-state index contributed by atoms with van der Waals surface area (Å²) in [4.78, 5) is 0. The van der Waals surface area contributed by atoms with Crippen LogP contribution in [0.2, 0.25) is 0 Å². The average molecular weight is 201 g/mol. The zero-order valence-corrected chi connectivity index (χ0v) is 10.1. The monoisotopic (exact) mass is 201 g/mol. The lowest BCUT2D eigenvalue weighted by Gasteiger charge is -2.21. The molecule has 0 spiro atoms. The van der Waals surface area contributed by atoms with E-state index in [1.54, 1.807) is 0 Å². The highest BCUT2D eigenvalue weighted by atomic mass is 16.5. The van der Waals surface area contributed by atoms with Crippen molar-refractivity contribution in [2.45, 2.75) is 52.9 Å².